The summed E-state index contributed by atoms with van der Waals surface area (Å²) in [7, 11) is 4.56. The maximum absolute atomic E-state index is 12.0. The summed E-state index contributed by atoms with van der Waals surface area (Å²) in [6.07, 6.45) is 2.95. The average molecular weight is 350 g/mol. The molecule has 0 radical (unpaired) electrons. The number of nitrogens with zero attached hydrogens (tertiary/aromatic N) is 2. The molecule has 1 amide bonds. The van der Waals surface area contributed by atoms with Gasteiger partial charge in [-0.2, -0.15) is 5.10 Å². The van der Waals surface area contributed by atoms with Crippen LogP contribution in [-0.2, 0) is 0 Å². The summed E-state index contributed by atoms with van der Waals surface area (Å²) in [5.74, 6) is 0.986. The Kier molecular flexibility index (Phi) is 5.97. The SMILES string of the molecule is COc1cc(/C=N/NC(=O)c2cccnc2Cl)cc(OC)c1OC. The van der Waals surface area contributed by atoms with Crippen molar-refractivity contribution in [2.24, 2.45) is 5.10 Å². The highest BCUT2D eigenvalue weighted by atomic mass is 35.5. The normalized spacial score (nSPS) is 10.5. The van der Waals surface area contributed by atoms with Crippen LogP contribution in [-0.4, -0.2) is 38.4 Å². The number of carbonyl (C=O) groups is 1. The van der Waals surface area contributed by atoms with Gasteiger partial charge in [-0.15, -0.1) is 0 Å². The standard InChI is InChI=1S/C16H16ClN3O4/c1-22-12-7-10(8-13(23-2)14(12)24-3)9-19-20-16(21)11-5-4-6-18-15(11)17/h4-9H,1-3H3,(H,20,21)/b19-9+. The van der Waals surface area contributed by atoms with Crippen molar-refractivity contribution in [3.63, 3.8) is 0 Å². The quantitative estimate of drug-likeness (QED) is 0.492. The molecular formula is C16H16ClN3O4. The van der Waals surface area contributed by atoms with Crippen molar-refractivity contribution in [2.75, 3.05) is 21.3 Å². The molecule has 1 aromatic carbocycles. The highest BCUT2D eigenvalue weighted by Crippen LogP contribution is 2.37. The number of carbonyl (C=O) groups excluding carboxylic acids is 1. The number of hydrogen-bond acceptors (Lipinski definition) is 6. The Labute approximate surface area is 144 Å². The zero-order valence-corrected chi connectivity index (χ0v) is 14.1. The Morgan fingerprint density at radius 1 is 1.21 bits per heavy atom. The largest absolute Gasteiger partial charge is 0.493 e. The van der Waals surface area contributed by atoms with Crippen molar-refractivity contribution in [3.8, 4) is 17.2 Å². The minimum atomic E-state index is -0.461. The highest BCUT2D eigenvalue weighted by molar-refractivity contribution is 6.32. The van der Waals surface area contributed by atoms with Crippen LogP contribution in [0, 0.1) is 0 Å². The van der Waals surface area contributed by atoms with E-state index in [1.807, 2.05) is 0 Å². The zero-order chi connectivity index (χ0) is 17.5. The first-order chi connectivity index (χ1) is 11.6. The maximum Gasteiger partial charge on any atom is 0.274 e. The fourth-order valence-corrected chi connectivity index (χ4v) is 2.16. The number of halogens is 1. The zero-order valence-electron chi connectivity index (χ0n) is 13.4. The number of hydrazone groups is 1. The Morgan fingerprint density at radius 3 is 2.42 bits per heavy atom. The van der Waals surface area contributed by atoms with Gasteiger partial charge in [0.15, 0.2) is 11.5 Å². The maximum atomic E-state index is 12.0. The van der Waals surface area contributed by atoms with Gasteiger partial charge in [0.25, 0.3) is 5.91 Å². The Morgan fingerprint density at radius 2 is 1.88 bits per heavy atom. The van der Waals surface area contributed by atoms with Crippen LogP contribution in [0.3, 0.4) is 0 Å². The summed E-state index contributed by atoms with van der Waals surface area (Å²) in [6.45, 7) is 0. The molecule has 0 bridgehead atoms. The van der Waals surface area contributed by atoms with Crippen LogP contribution in [0.1, 0.15) is 15.9 Å². The van der Waals surface area contributed by atoms with Gasteiger partial charge in [-0.1, -0.05) is 11.6 Å². The lowest BCUT2D eigenvalue weighted by atomic mass is 10.2. The molecule has 0 atom stereocenters. The smallest absolute Gasteiger partial charge is 0.274 e. The molecule has 0 spiro atoms. The van der Waals surface area contributed by atoms with Crippen LogP contribution in [0.15, 0.2) is 35.6 Å². The molecule has 24 heavy (non-hydrogen) atoms. The van der Waals surface area contributed by atoms with Crippen molar-refractivity contribution >= 4 is 23.7 Å². The average Bonchev–Trinajstić information content (AvgIpc) is 2.60. The van der Waals surface area contributed by atoms with Gasteiger partial charge in [0.2, 0.25) is 5.75 Å². The number of methoxy groups -OCH3 is 3. The number of amides is 1. The molecule has 1 aromatic heterocycles. The van der Waals surface area contributed by atoms with Gasteiger partial charge in [0, 0.05) is 11.8 Å². The number of ether oxygens (including phenoxy) is 3. The molecule has 7 nitrogen and oxygen atoms in total. The van der Waals surface area contributed by atoms with Gasteiger partial charge in [-0.05, 0) is 24.3 Å². The monoisotopic (exact) mass is 349 g/mol. The molecule has 0 saturated heterocycles. The fourth-order valence-electron chi connectivity index (χ4n) is 1.96. The van der Waals surface area contributed by atoms with Gasteiger partial charge in [-0.25, -0.2) is 10.4 Å². The molecular weight excluding hydrogens is 334 g/mol. The molecule has 2 rings (SSSR count). The first-order valence-electron chi connectivity index (χ1n) is 6.84. The lowest BCUT2D eigenvalue weighted by molar-refractivity contribution is 0.0955. The summed E-state index contributed by atoms with van der Waals surface area (Å²) in [4.78, 5) is 15.8. The van der Waals surface area contributed by atoms with Crippen molar-refractivity contribution in [1.29, 1.82) is 0 Å². The third-order valence-corrected chi connectivity index (χ3v) is 3.37. The van der Waals surface area contributed by atoms with E-state index in [2.05, 4.69) is 15.5 Å². The Bertz CT molecular complexity index is 740. The first-order valence-corrected chi connectivity index (χ1v) is 7.22. The lowest BCUT2D eigenvalue weighted by Gasteiger charge is -2.12. The van der Waals surface area contributed by atoms with E-state index in [9.17, 15) is 4.79 Å². The van der Waals surface area contributed by atoms with E-state index in [4.69, 9.17) is 25.8 Å². The van der Waals surface area contributed by atoms with E-state index in [1.165, 1.54) is 33.7 Å². The first kappa shape index (κ1) is 17.6. The molecule has 0 unspecified atom stereocenters. The van der Waals surface area contributed by atoms with E-state index in [-0.39, 0.29) is 10.7 Å². The molecule has 0 aliphatic rings. The Hall–Kier alpha value is -2.80. The molecule has 0 fully saturated rings. The van der Waals surface area contributed by atoms with Crippen molar-refractivity contribution in [3.05, 3.63) is 46.7 Å². The third-order valence-electron chi connectivity index (χ3n) is 3.07. The van der Waals surface area contributed by atoms with Gasteiger partial charge < -0.3 is 14.2 Å². The molecule has 1 heterocycles. The van der Waals surface area contributed by atoms with Crippen LogP contribution >= 0.6 is 11.6 Å². The summed E-state index contributed by atoms with van der Waals surface area (Å²) in [5.41, 5.74) is 3.28. The molecule has 8 heteroatoms. The van der Waals surface area contributed by atoms with Crippen molar-refractivity contribution < 1.29 is 19.0 Å². The van der Waals surface area contributed by atoms with Crippen molar-refractivity contribution in [2.45, 2.75) is 0 Å². The van der Waals surface area contributed by atoms with E-state index >= 15 is 0 Å². The predicted octanol–water partition coefficient (Wildman–Crippen LogP) is 2.52. The summed E-state index contributed by atoms with van der Waals surface area (Å²) < 4.78 is 15.7. The summed E-state index contributed by atoms with van der Waals surface area (Å²) in [5, 5.41) is 4.01. The van der Waals surface area contributed by atoms with E-state index < -0.39 is 5.91 Å². The van der Waals surface area contributed by atoms with Crippen molar-refractivity contribution in [1.82, 2.24) is 10.4 Å². The second kappa shape index (κ2) is 8.16. The van der Waals surface area contributed by atoms with E-state index in [0.29, 0.717) is 22.8 Å². The number of pyridine rings is 1. The van der Waals surface area contributed by atoms with E-state index in [1.54, 1.807) is 24.3 Å². The minimum absolute atomic E-state index is 0.109. The van der Waals surface area contributed by atoms with Crippen LogP contribution in [0.5, 0.6) is 17.2 Å². The molecule has 1 N–H and O–H groups in total. The number of benzene rings is 1. The van der Waals surface area contributed by atoms with Crippen LogP contribution in [0.2, 0.25) is 5.15 Å². The second-order valence-electron chi connectivity index (χ2n) is 4.50. The molecule has 0 aliphatic carbocycles. The molecule has 0 saturated carbocycles. The topological polar surface area (TPSA) is 82.0 Å². The lowest BCUT2D eigenvalue weighted by Crippen LogP contribution is -2.18. The molecule has 0 aliphatic heterocycles. The van der Waals surface area contributed by atoms with Crippen LogP contribution in [0.4, 0.5) is 0 Å². The van der Waals surface area contributed by atoms with Gasteiger partial charge in [0.1, 0.15) is 5.15 Å². The summed E-state index contributed by atoms with van der Waals surface area (Å²) in [6, 6.07) is 6.57. The predicted molar refractivity (Wildman–Crippen MR) is 90.4 cm³/mol. The number of hydrogen-bond donors (Lipinski definition) is 1. The fraction of sp³-hybridized carbons (Fsp3) is 0.188. The Balaban J connectivity index is 2.17. The van der Waals surface area contributed by atoms with Gasteiger partial charge in [-0.3, -0.25) is 4.79 Å². The van der Waals surface area contributed by atoms with Crippen LogP contribution in [0.25, 0.3) is 0 Å². The number of aromatic nitrogens is 1. The van der Waals surface area contributed by atoms with Crippen LogP contribution < -0.4 is 19.6 Å². The molecule has 2 aromatic rings. The highest BCUT2D eigenvalue weighted by Gasteiger charge is 2.13. The second-order valence-corrected chi connectivity index (χ2v) is 4.86. The third kappa shape index (κ3) is 3.94. The minimum Gasteiger partial charge on any atom is -0.493 e. The van der Waals surface area contributed by atoms with Gasteiger partial charge in [0.05, 0.1) is 33.1 Å². The molecule has 126 valence electrons. The number of rotatable bonds is 6. The van der Waals surface area contributed by atoms with Gasteiger partial charge >= 0.3 is 0 Å². The number of nitrogens with one attached hydrogen (secondary N) is 1. The summed E-state index contributed by atoms with van der Waals surface area (Å²) >= 11 is 5.86. The van der Waals surface area contributed by atoms with E-state index in [0.717, 1.165) is 0 Å².